The van der Waals surface area contributed by atoms with Gasteiger partial charge in [0.05, 0.1) is 5.39 Å². The summed E-state index contributed by atoms with van der Waals surface area (Å²) in [5, 5.41) is 5.17. The molecule has 3 heteroatoms. The number of aromatic nitrogens is 1. The number of benzene rings is 2. The molecule has 0 saturated carbocycles. The molecule has 0 saturated heterocycles. The van der Waals surface area contributed by atoms with E-state index in [4.69, 9.17) is 10.3 Å². The van der Waals surface area contributed by atoms with Gasteiger partial charge in [-0.05, 0) is 24.6 Å². The molecule has 0 fully saturated rings. The SMILES string of the molecule is Cc1ccc(-c2noc3ccc(CN)cc23)cc1. The van der Waals surface area contributed by atoms with Gasteiger partial charge in [-0.25, -0.2) is 0 Å². The van der Waals surface area contributed by atoms with Crippen molar-refractivity contribution in [2.24, 2.45) is 5.73 Å². The van der Waals surface area contributed by atoms with Crippen LogP contribution in [0.5, 0.6) is 0 Å². The number of fused-ring (bicyclic) bond motifs is 1. The molecule has 0 spiro atoms. The van der Waals surface area contributed by atoms with Gasteiger partial charge >= 0.3 is 0 Å². The Morgan fingerprint density at radius 1 is 1.11 bits per heavy atom. The van der Waals surface area contributed by atoms with Crippen LogP contribution in [0.15, 0.2) is 47.0 Å². The number of hydrogen-bond donors (Lipinski definition) is 1. The molecule has 2 N–H and O–H groups in total. The van der Waals surface area contributed by atoms with Gasteiger partial charge in [-0.3, -0.25) is 0 Å². The summed E-state index contributed by atoms with van der Waals surface area (Å²) >= 11 is 0. The molecule has 0 bridgehead atoms. The Kier molecular flexibility index (Phi) is 2.61. The topological polar surface area (TPSA) is 52.0 Å². The Morgan fingerprint density at radius 2 is 1.89 bits per heavy atom. The van der Waals surface area contributed by atoms with Crippen LogP contribution in [-0.4, -0.2) is 5.16 Å². The third-order valence-corrected chi connectivity index (χ3v) is 3.10. The molecular formula is C15H14N2O. The molecule has 3 rings (SSSR count). The highest BCUT2D eigenvalue weighted by Crippen LogP contribution is 2.28. The maximum Gasteiger partial charge on any atom is 0.167 e. The highest BCUT2D eigenvalue weighted by Gasteiger charge is 2.10. The zero-order valence-electron chi connectivity index (χ0n) is 10.2. The summed E-state index contributed by atoms with van der Waals surface area (Å²) in [6, 6.07) is 14.2. The molecule has 1 heterocycles. The van der Waals surface area contributed by atoms with E-state index in [0.29, 0.717) is 6.54 Å². The summed E-state index contributed by atoms with van der Waals surface area (Å²) in [7, 11) is 0. The second-order valence-corrected chi connectivity index (χ2v) is 4.43. The predicted octanol–water partition coefficient (Wildman–Crippen LogP) is 3.26. The van der Waals surface area contributed by atoms with Gasteiger partial charge in [0, 0.05) is 12.1 Å². The van der Waals surface area contributed by atoms with Crippen LogP contribution in [0.2, 0.25) is 0 Å². The molecule has 0 radical (unpaired) electrons. The van der Waals surface area contributed by atoms with Gasteiger partial charge in [-0.1, -0.05) is 41.1 Å². The Hall–Kier alpha value is -2.13. The number of hydrogen-bond acceptors (Lipinski definition) is 3. The van der Waals surface area contributed by atoms with E-state index in [1.165, 1.54) is 5.56 Å². The zero-order valence-corrected chi connectivity index (χ0v) is 10.2. The van der Waals surface area contributed by atoms with Gasteiger partial charge in [-0.2, -0.15) is 0 Å². The average molecular weight is 238 g/mol. The van der Waals surface area contributed by atoms with Crippen molar-refractivity contribution >= 4 is 11.0 Å². The molecule has 0 unspecified atom stereocenters. The molecule has 90 valence electrons. The van der Waals surface area contributed by atoms with Crippen molar-refractivity contribution in [1.29, 1.82) is 0 Å². The summed E-state index contributed by atoms with van der Waals surface area (Å²) in [5.74, 6) is 0. The largest absolute Gasteiger partial charge is 0.356 e. The molecule has 0 aliphatic rings. The summed E-state index contributed by atoms with van der Waals surface area (Å²) in [5.41, 5.74) is 10.7. The first kappa shape index (κ1) is 11.0. The average Bonchev–Trinajstić information content (AvgIpc) is 2.82. The van der Waals surface area contributed by atoms with Crippen LogP contribution in [0.4, 0.5) is 0 Å². The van der Waals surface area contributed by atoms with Gasteiger partial charge in [0.2, 0.25) is 0 Å². The van der Waals surface area contributed by atoms with E-state index >= 15 is 0 Å². The fourth-order valence-electron chi connectivity index (χ4n) is 2.03. The quantitative estimate of drug-likeness (QED) is 0.745. The van der Waals surface area contributed by atoms with Gasteiger partial charge in [0.15, 0.2) is 5.58 Å². The molecule has 3 nitrogen and oxygen atoms in total. The minimum absolute atomic E-state index is 0.522. The molecule has 2 aromatic carbocycles. The highest BCUT2D eigenvalue weighted by atomic mass is 16.5. The van der Waals surface area contributed by atoms with Crippen molar-refractivity contribution in [2.75, 3.05) is 0 Å². The van der Waals surface area contributed by atoms with Crippen LogP contribution in [0.1, 0.15) is 11.1 Å². The van der Waals surface area contributed by atoms with Crippen molar-refractivity contribution in [3.05, 3.63) is 53.6 Å². The van der Waals surface area contributed by atoms with E-state index in [1.807, 2.05) is 18.2 Å². The first-order valence-corrected chi connectivity index (χ1v) is 5.93. The second kappa shape index (κ2) is 4.27. The third-order valence-electron chi connectivity index (χ3n) is 3.10. The molecular weight excluding hydrogens is 224 g/mol. The fourth-order valence-corrected chi connectivity index (χ4v) is 2.03. The monoisotopic (exact) mass is 238 g/mol. The normalized spacial score (nSPS) is 11.0. The number of aryl methyl sites for hydroxylation is 1. The zero-order chi connectivity index (χ0) is 12.5. The van der Waals surface area contributed by atoms with Gasteiger partial charge in [0.1, 0.15) is 5.69 Å². The van der Waals surface area contributed by atoms with Crippen LogP contribution < -0.4 is 5.73 Å². The number of nitrogens with zero attached hydrogens (tertiary/aromatic N) is 1. The molecule has 0 amide bonds. The highest BCUT2D eigenvalue weighted by molar-refractivity contribution is 5.91. The lowest BCUT2D eigenvalue weighted by Gasteiger charge is -1.99. The summed E-state index contributed by atoms with van der Waals surface area (Å²) < 4.78 is 5.34. The van der Waals surface area contributed by atoms with E-state index < -0.39 is 0 Å². The molecule has 1 aromatic heterocycles. The minimum atomic E-state index is 0.522. The Labute approximate surface area is 105 Å². The van der Waals surface area contributed by atoms with E-state index in [1.54, 1.807) is 0 Å². The van der Waals surface area contributed by atoms with Gasteiger partial charge in [0.25, 0.3) is 0 Å². The first-order chi connectivity index (χ1) is 8.78. The molecule has 3 aromatic rings. The van der Waals surface area contributed by atoms with Crippen molar-refractivity contribution in [1.82, 2.24) is 5.16 Å². The molecule has 0 aliphatic heterocycles. The molecule has 18 heavy (non-hydrogen) atoms. The van der Waals surface area contributed by atoms with Crippen molar-refractivity contribution in [3.8, 4) is 11.3 Å². The van der Waals surface area contributed by atoms with Crippen LogP contribution in [0.25, 0.3) is 22.2 Å². The van der Waals surface area contributed by atoms with Crippen molar-refractivity contribution < 1.29 is 4.52 Å². The molecule has 0 aliphatic carbocycles. The lowest BCUT2D eigenvalue weighted by molar-refractivity contribution is 0.459. The summed E-state index contributed by atoms with van der Waals surface area (Å²) in [6.45, 7) is 2.59. The third kappa shape index (κ3) is 1.79. The van der Waals surface area contributed by atoms with Gasteiger partial charge in [-0.15, -0.1) is 0 Å². The standard InChI is InChI=1S/C15H14N2O/c1-10-2-5-12(6-3-10)15-13-8-11(9-16)4-7-14(13)18-17-15/h2-8H,9,16H2,1H3. The summed E-state index contributed by atoms with van der Waals surface area (Å²) in [4.78, 5) is 0. The lowest BCUT2D eigenvalue weighted by Crippen LogP contribution is -1.95. The van der Waals surface area contributed by atoms with Crippen LogP contribution >= 0.6 is 0 Å². The lowest BCUT2D eigenvalue weighted by atomic mass is 10.0. The minimum Gasteiger partial charge on any atom is -0.356 e. The maximum absolute atomic E-state index is 5.67. The van der Waals surface area contributed by atoms with E-state index in [-0.39, 0.29) is 0 Å². The number of nitrogens with two attached hydrogens (primary N) is 1. The molecule has 0 atom stereocenters. The fraction of sp³-hybridized carbons (Fsp3) is 0.133. The second-order valence-electron chi connectivity index (χ2n) is 4.43. The van der Waals surface area contributed by atoms with Crippen LogP contribution in [0, 0.1) is 6.92 Å². The summed E-state index contributed by atoms with van der Waals surface area (Å²) in [6.07, 6.45) is 0. The first-order valence-electron chi connectivity index (χ1n) is 5.93. The van der Waals surface area contributed by atoms with Gasteiger partial charge < -0.3 is 10.3 Å². The maximum atomic E-state index is 5.67. The van der Waals surface area contributed by atoms with E-state index in [0.717, 1.165) is 27.8 Å². The Balaban J connectivity index is 2.19. The van der Waals surface area contributed by atoms with E-state index in [2.05, 4.69) is 36.3 Å². The van der Waals surface area contributed by atoms with Crippen LogP contribution in [0.3, 0.4) is 0 Å². The smallest absolute Gasteiger partial charge is 0.167 e. The predicted molar refractivity (Wildman–Crippen MR) is 72.1 cm³/mol. The Bertz CT molecular complexity index is 683. The Morgan fingerprint density at radius 3 is 2.61 bits per heavy atom. The van der Waals surface area contributed by atoms with E-state index in [9.17, 15) is 0 Å². The van der Waals surface area contributed by atoms with Crippen molar-refractivity contribution in [3.63, 3.8) is 0 Å². The van der Waals surface area contributed by atoms with Crippen molar-refractivity contribution in [2.45, 2.75) is 13.5 Å². The van der Waals surface area contributed by atoms with Crippen LogP contribution in [-0.2, 0) is 6.54 Å². The number of rotatable bonds is 2.